The Morgan fingerprint density at radius 1 is 0.302 bits per heavy atom. The van der Waals surface area contributed by atoms with Crippen LogP contribution in [0.4, 0.5) is 0 Å². The van der Waals surface area contributed by atoms with Crippen LogP contribution in [0.25, 0.3) is 98.8 Å². The van der Waals surface area contributed by atoms with E-state index in [2.05, 4.69) is 146 Å². The second kappa shape index (κ2) is 8.44. The first-order valence-electron chi connectivity index (χ1n) is 14.8. The fraction of sp³-hybridized carbons (Fsp3) is 0. The molecular formula is C42H24O. The first kappa shape index (κ1) is 23.0. The molecule has 1 heterocycles. The molecule has 0 N–H and O–H groups in total. The summed E-state index contributed by atoms with van der Waals surface area (Å²) in [5.74, 6) is 0. The van der Waals surface area contributed by atoms with Crippen molar-refractivity contribution in [2.24, 2.45) is 0 Å². The van der Waals surface area contributed by atoms with E-state index in [0.717, 1.165) is 21.9 Å². The van der Waals surface area contributed by atoms with Gasteiger partial charge in [-0.2, -0.15) is 0 Å². The van der Waals surface area contributed by atoms with Crippen LogP contribution in [0.1, 0.15) is 0 Å². The van der Waals surface area contributed by atoms with E-state index in [4.69, 9.17) is 4.42 Å². The van der Waals surface area contributed by atoms with Gasteiger partial charge >= 0.3 is 0 Å². The fourth-order valence-electron chi connectivity index (χ4n) is 7.38. The summed E-state index contributed by atoms with van der Waals surface area (Å²) in [6.07, 6.45) is 0. The highest BCUT2D eigenvalue weighted by molar-refractivity contribution is 6.19. The second-order valence-electron chi connectivity index (χ2n) is 11.7. The van der Waals surface area contributed by atoms with Gasteiger partial charge in [0.15, 0.2) is 0 Å². The van der Waals surface area contributed by atoms with Crippen LogP contribution in [-0.4, -0.2) is 0 Å². The van der Waals surface area contributed by atoms with Crippen LogP contribution < -0.4 is 0 Å². The third kappa shape index (κ3) is 3.22. The van der Waals surface area contributed by atoms with Crippen molar-refractivity contribution in [2.45, 2.75) is 0 Å². The van der Waals surface area contributed by atoms with Crippen molar-refractivity contribution in [3.8, 4) is 44.5 Å². The molecule has 43 heavy (non-hydrogen) atoms. The summed E-state index contributed by atoms with van der Waals surface area (Å²) >= 11 is 0. The largest absolute Gasteiger partial charge is 0.456 e. The normalized spacial score (nSPS) is 12.2. The minimum absolute atomic E-state index is 0.915. The second-order valence-corrected chi connectivity index (χ2v) is 11.7. The zero-order chi connectivity index (χ0) is 28.1. The Hall–Kier alpha value is -5.66. The molecule has 0 saturated carbocycles. The van der Waals surface area contributed by atoms with Gasteiger partial charge < -0.3 is 4.42 Å². The molecule has 0 bridgehead atoms. The number of hydrogen-bond donors (Lipinski definition) is 0. The minimum atomic E-state index is 0.915. The number of furan rings is 1. The molecular weight excluding hydrogens is 520 g/mol. The van der Waals surface area contributed by atoms with Crippen LogP contribution >= 0.6 is 0 Å². The van der Waals surface area contributed by atoms with E-state index in [1.165, 1.54) is 76.8 Å². The van der Waals surface area contributed by atoms with E-state index in [0.29, 0.717) is 0 Å². The lowest BCUT2D eigenvalue weighted by Crippen LogP contribution is -1.84. The van der Waals surface area contributed by atoms with Crippen LogP contribution in [0, 0.1) is 0 Å². The first-order chi connectivity index (χ1) is 21.3. The number of benzene rings is 8. The van der Waals surface area contributed by atoms with Gasteiger partial charge in [0.2, 0.25) is 0 Å². The Kier molecular flexibility index (Phi) is 4.51. The van der Waals surface area contributed by atoms with Crippen molar-refractivity contribution >= 4 is 54.3 Å². The lowest BCUT2D eigenvalue weighted by Gasteiger charge is -2.10. The van der Waals surface area contributed by atoms with E-state index >= 15 is 0 Å². The van der Waals surface area contributed by atoms with Crippen LogP contribution in [0.2, 0.25) is 0 Å². The van der Waals surface area contributed by atoms with Gasteiger partial charge in [-0.3, -0.25) is 0 Å². The molecule has 1 aliphatic carbocycles. The van der Waals surface area contributed by atoms with Crippen LogP contribution in [0.5, 0.6) is 0 Å². The predicted molar refractivity (Wildman–Crippen MR) is 182 cm³/mol. The third-order valence-electron chi connectivity index (χ3n) is 9.41. The summed E-state index contributed by atoms with van der Waals surface area (Å²) in [6.45, 7) is 0. The Labute approximate surface area is 248 Å². The van der Waals surface area contributed by atoms with Gasteiger partial charge in [-0.15, -0.1) is 0 Å². The molecule has 9 aromatic rings. The maximum Gasteiger partial charge on any atom is 0.135 e. The minimum Gasteiger partial charge on any atom is -0.456 e. The molecule has 0 radical (unpaired) electrons. The number of hydrogen-bond acceptors (Lipinski definition) is 1. The van der Waals surface area contributed by atoms with Gasteiger partial charge in [0, 0.05) is 10.8 Å². The van der Waals surface area contributed by atoms with Gasteiger partial charge in [0.05, 0.1) is 0 Å². The van der Waals surface area contributed by atoms with Gasteiger partial charge in [0.25, 0.3) is 0 Å². The van der Waals surface area contributed by atoms with E-state index in [9.17, 15) is 0 Å². The highest BCUT2D eigenvalue weighted by Gasteiger charge is 2.22. The highest BCUT2D eigenvalue weighted by Crippen LogP contribution is 2.49. The van der Waals surface area contributed by atoms with Gasteiger partial charge in [-0.1, -0.05) is 115 Å². The SMILES string of the molecule is c1ccc2c(c1)-c1cccc3c(-c4ccc5oc6ccc(-c7ccc8c(ccc9ccccc98)c7)cc6c5c4)ccc-2c13. The lowest BCUT2D eigenvalue weighted by molar-refractivity contribution is 0.669. The quantitative estimate of drug-likeness (QED) is 0.197. The Bertz CT molecular complexity index is 2590. The molecule has 1 aromatic heterocycles. The smallest absolute Gasteiger partial charge is 0.135 e. The van der Waals surface area contributed by atoms with E-state index in [-0.39, 0.29) is 0 Å². The van der Waals surface area contributed by atoms with Crippen molar-refractivity contribution in [2.75, 3.05) is 0 Å². The summed E-state index contributed by atoms with van der Waals surface area (Å²) in [7, 11) is 0. The molecule has 0 unspecified atom stereocenters. The molecule has 1 heteroatoms. The molecule has 0 aliphatic heterocycles. The van der Waals surface area contributed by atoms with Gasteiger partial charge in [0.1, 0.15) is 11.2 Å². The van der Waals surface area contributed by atoms with Crippen molar-refractivity contribution in [3.05, 3.63) is 146 Å². The molecule has 8 aromatic carbocycles. The van der Waals surface area contributed by atoms with Crippen molar-refractivity contribution in [3.63, 3.8) is 0 Å². The Balaban J connectivity index is 1.13. The maximum atomic E-state index is 6.33. The average Bonchev–Trinajstić information content (AvgIpc) is 3.60. The zero-order valence-corrected chi connectivity index (χ0v) is 23.3. The zero-order valence-electron chi connectivity index (χ0n) is 23.3. The number of rotatable bonds is 2. The molecule has 1 aliphatic rings. The van der Waals surface area contributed by atoms with Crippen molar-refractivity contribution in [1.29, 1.82) is 0 Å². The molecule has 0 saturated heterocycles. The Morgan fingerprint density at radius 2 is 0.884 bits per heavy atom. The molecule has 10 rings (SSSR count). The van der Waals surface area contributed by atoms with E-state index < -0.39 is 0 Å². The predicted octanol–water partition coefficient (Wildman–Crippen LogP) is 12.0. The summed E-state index contributed by atoms with van der Waals surface area (Å²) in [5, 5.41) is 10.0. The summed E-state index contributed by atoms with van der Waals surface area (Å²) < 4.78 is 6.33. The molecule has 198 valence electrons. The van der Waals surface area contributed by atoms with Crippen LogP contribution in [0.15, 0.2) is 150 Å². The van der Waals surface area contributed by atoms with Crippen molar-refractivity contribution < 1.29 is 4.42 Å². The van der Waals surface area contributed by atoms with Crippen molar-refractivity contribution in [1.82, 2.24) is 0 Å². The highest BCUT2D eigenvalue weighted by atomic mass is 16.3. The average molecular weight is 545 g/mol. The summed E-state index contributed by atoms with van der Waals surface area (Å²) in [5.41, 5.74) is 12.0. The van der Waals surface area contributed by atoms with Crippen LogP contribution in [-0.2, 0) is 0 Å². The van der Waals surface area contributed by atoms with E-state index in [1.54, 1.807) is 0 Å². The molecule has 1 nitrogen and oxygen atoms in total. The lowest BCUT2D eigenvalue weighted by atomic mass is 9.93. The topological polar surface area (TPSA) is 13.1 Å². The first-order valence-corrected chi connectivity index (χ1v) is 14.8. The Morgan fingerprint density at radius 3 is 1.74 bits per heavy atom. The third-order valence-corrected chi connectivity index (χ3v) is 9.41. The standard InChI is InChI=1S/C42H24O/c1-2-7-30-25(6-1)12-13-28-22-26(14-17-31(28)30)27-15-20-40-38(23-27)39-24-29(16-21-41(39)43-40)32-18-19-37-34-9-4-3-8-33(34)36-11-5-10-35(32)42(36)37/h1-24H. The molecule has 0 amide bonds. The monoisotopic (exact) mass is 544 g/mol. The molecule has 0 fully saturated rings. The molecule has 0 atom stereocenters. The fourth-order valence-corrected chi connectivity index (χ4v) is 7.38. The van der Waals surface area contributed by atoms with Gasteiger partial charge in [-0.25, -0.2) is 0 Å². The number of fused-ring (bicyclic) bond motifs is 9. The van der Waals surface area contributed by atoms with Gasteiger partial charge in [-0.05, 0) is 107 Å². The maximum absolute atomic E-state index is 6.33. The van der Waals surface area contributed by atoms with E-state index in [1.807, 2.05) is 0 Å². The molecule has 0 spiro atoms. The summed E-state index contributed by atoms with van der Waals surface area (Å²) in [4.78, 5) is 0. The summed E-state index contributed by atoms with van der Waals surface area (Å²) in [6, 6.07) is 53.1. The van der Waals surface area contributed by atoms with Crippen LogP contribution in [0.3, 0.4) is 0 Å².